The van der Waals surface area contributed by atoms with Crippen molar-refractivity contribution in [1.82, 2.24) is 4.98 Å². The van der Waals surface area contributed by atoms with Crippen molar-refractivity contribution in [1.29, 1.82) is 0 Å². The van der Waals surface area contributed by atoms with Gasteiger partial charge in [-0.1, -0.05) is 12.1 Å². The number of H-pyrrole nitrogens is 1. The van der Waals surface area contributed by atoms with E-state index in [1.54, 1.807) is 19.2 Å². The lowest BCUT2D eigenvalue weighted by Gasteiger charge is -1.98. The molecule has 0 aliphatic heterocycles. The molecule has 4 rings (SSSR count). The van der Waals surface area contributed by atoms with Crippen LogP contribution >= 0.6 is 0 Å². The Hall–Kier alpha value is -2.75. The fraction of sp³-hybridized carbons (Fsp3) is 0.0625. The first kappa shape index (κ1) is 11.1. The van der Waals surface area contributed by atoms with E-state index in [-0.39, 0.29) is 5.43 Å². The molecule has 4 nitrogen and oxygen atoms in total. The SMILES string of the molecule is COc1ccc2c(c1)[nH]c1oc3ccccc3c(=O)c12. The Balaban J connectivity index is 2.24. The van der Waals surface area contributed by atoms with Gasteiger partial charge in [-0.3, -0.25) is 4.79 Å². The second kappa shape index (κ2) is 3.87. The van der Waals surface area contributed by atoms with Gasteiger partial charge in [0.2, 0.25) is 11.1 Å². The Kier molecular flexibility index (Phi) is 2.15. The van der Waals surface area contributed by atoms with E-state index in [9.17, 15) is 4.79 Å². The molecule has 20 heavy (non-hydrogen) atoms. The third-order valence-corrected chi connectivity index (χ3v) is 3.54. The summed E-state index contributed by atoms with van der Waals surface area (Å²) in [6.07, 6.45) is 0. The number of para-hydroxylation sites is 1. The van der Waals surface area contributed by atoms with E-state index in [1.165, 1.54) is 0 Å². The molecular weight excluding hydrogens is 254 g/mol. The van der Waals surface area contributed by atoms with Crippen LogP contribution in [0.3, 0.4) is 0 Å². The smallest absolute Gasteiger partial charge is 0.209 e. The lowest BCUT2D eigenvalue weighted by atomic mass is 10.1. The van der Waals surface area contributed by atoms with Crippen LogP contribution in [0.15, 0.2) is 51.7 Å². The number of benzene rings is 2. The van der Waals surface area contributed by atoms with Gasteiger partial charge in [0, 0.05) is 11.5 Å². The van der Waals surface area contributed by atoms with Crippen molar-refractivity contribution in [2.24, 2.45) is 0 Å². The van der Waals surface area contributed by atoms with E-state index < -0.39 is 0 Å². The molecule has 98 valence electrons. The Morgan fingerprint density at radius 2 is 1.95 bits per heavy atom. The van der Waals surface area contributed by atoms with Crippen molar-refractivity contribution in [3.63, 3.8) is 0 Å². The number of methoxy groups -OCH3 is 1. The van der Waals surface area contributed by atoms with Gasteiger partial charge < -0.3 is 14.1 Å². The molecule has 0 spiro atoms. The van der Waals surface area contributed by atoms with Crippen LogP contribution in [0.4, 0.5) is 0 Å². The number of hydrogen-bond donors (Lipinski definition) is 1. The molecule has 2 aromatic carbocycles. The van der Waals surface area contributed by atoms with E-state index in [0.717, 1.165) is 16.7 Å². The third-order valence-electron chi connectivity index (χ3n) is 3.54. The highest BCUT2D eigenvalue weighted by Crippen LogP contribution is 2.28. The zero-order valence-corrected chi connectivity index (χ0v) is 10.8. The summed E-state index contributed by atoms with van der Waals surface area (Å²) in [7, 11) is 1.61. The Bertz CT molecular complexity index is 1010. The zero-order chi connectivity index (χ0) is 13.7. The first-order valence-electron chi connectivity index (χ1n) is 6.29. The van der Waals surface area contributed by atoms with Gasteiger partial charge in [0.25, 0.3) is 0 Å². The molecule has 0 bridgehead atoms. The van der Waals surface area contributed by atoms with Crippen molar-refractivity contribution in [2.45, 2.75) is 0 Å². The van der Waals surface area contributed by atoms with E-state index in [4.69, 9.17) is 9.15 Å². The maximum absolute atomic E-state index is 12.6. The summed E-state index contributed by atoms with van der Waals surface area (Å²) in [5.41, 5.74) is 1.90. The molecule has 4 heteroatoms. The predicted molar refractivity (Wildman–Crippen MR) is 78.4 cm³/mol. The van der Waals surface area contributed by atoms with E-state index in [0.29, 0.717) is 22.1 Å². The largest absolute Gasteiger partial charge is 0.497 e. The molecule has 0 fully saturated rings. The van der Waals surface area contributed by atoms with Crippen LogP contribution in [0.25, 0.3) is 33.0 Å². The van der Waals surface area contributed by atoms with Crippen molar-refractivity contribution in [3.05, 3.63) is 52.7 Å². The zero-order valence-electron chi connectivity index (χ0n) is 10.8. The average molecular weight is 265 g/mol. The van der Waals surface area contributed by atoms with Gasteiger partial charge in [0.1, 0.15) is 11.3 Å². The molecule has 2 heterocycles. The van der Waals surface area contributed by atoms with Crippen LogP contribution in [0.2, 0.25) is 0 Å². The normalized spacial score (nSPS) is 11.4. The average Bonchev–Trinajstić information content (AvgIpc) is 2.84. The molecule has 4 aromatic rings. The van der Waals surface area contributed by atoms with Crippen LogP contribution in [0.5, 0.6) is 5.75 Å². The van der Waals surface area contributed by atoms with E-state index in [1.807, 2.05) is 30.3 Å². The van der Waals surface area contributed by atoms with Crippen LogP contribution in [-0.4, -0.2) is 12.1 Å². The Morgan fingerprint density at radius 3 is 2.80 bits per heavy atom. The maximum Gasteiger partial charge on any atom is 0.209 e. The monoisotopic (exact) mass is 265 g/mol. The minimum absolute atomic E-state index is 0.0155. The van der Waals surface area contributed by atoms with Gasteiger partial charge in [-0.05, 0) is 24.3 Å². The van der Waals surface area contributed by atoms with Crippen LogP contribution in [0, 0.1) is 0 Å². The quantitative estimate of drug-likeness (QED) is 0.573. The molecule has 0 aliphatic rings. The topological polar surface area (TPSA) is 55.2 Å². The van der Waals surface area contributed by atoms with Gasteiger partial charge in [-0.2, -0.15) is 0 Å². The number of aromatic nitrogens is 1. The molecule has 0 saturated heterocycles. The first-order chi connectivity index (χ1) is 9.78. The molecule has 0 aliphatic carbocycles. The number of ether oxygens (including phenoxy) is 1. The Labute approximate surface area is 113 Å². The number of hydrogen-bond acceptors (Lipinski definition) is 3. The van der Waals surface area contributed by atoms with Crippen molar-refractivity contribution < 1.29 is 9.15 Å². The molecule has 2 aromatic heterocycles. The van der Waals surface area contributed by atoms with Gasteiger partial charge in [0.15, 0.2) is 0 Å². The maximum atomic E-state index is 12.6. The van der Waals surface area contributed by atoms with Crippen LogP contribution in [-0.2, 0) is 0 Å². The highest BCUT2D eigenvalue weighted by molar-refractivity contribution is 6.08. The molecule has 0 unspecified atom stereocenters. The van der Waals surface area contributed by atoms with Crippen molar-refractivity contribution in [3.8, 4) is 5.75 Å². The lowest BCUT2D eigenvalue weighted by molar-refractivity contribution is 0.415. The van der Waals surface area contributed by atoms with Crippen LogP contribution < -0.4 is 10.2 Å². The van der Waals surface area contributed by atoms with Gasteiger partial charge >= 0.3 is 0 Å². The molecule has 0 amide bonds. The summed E-state index contributed by atoms with van der Waals surface area (Å²) in [6, 6.07) is 12.8. The number of fused-ring (bicyclic) bond motifs is 4. The van der Waals surface area contributed by atoms with E-state index >= 15 is 0 Å². The minimum atomic E-state index is -0.0155. The van der Waals surface area contributed by atoms with Crippen LogP contribution in [0.1, 0.15) is 0 Å². The molecule has 1 N–H and O–H groups in total. The van der Waals surface area contributed by atoms with Gasteiger partial charge in [0.05, 0.1) is 23.4 Å². The van der Waals surface area contributed by atoms with E-state index in [2.05, 4.69) is 4.98 Å². The summed E-state index contributed by atoms with van der Waals surface area (Å²) in [5, 5.41) is 2.03. The van der Waals surface area contributed by atoms with Crippen molar-refractivity contribution >= 4 is 33.0 Å². The third kappa shape index (κ3) is 1.39. The fourth-order valence-electron chi connectivity index (χ4n) is 2.57. The summed E-state index contributed by atoms with van der Waals surface area (Å²) in [4.78, 5) is 15.7. The highest BCUT2D eigenvalue weighted by Gasteiger charge is 2.13. The summed E-state index contributed by atoms with van der Waals surface area (Å²) < 4.78 is 11.0. The highest BCUT2D eigenvalue weighted by atomic mass is 16.5. The molecule has 0 radical (unpaired) electrons. The second-order valence-electron chi connectivity index (χ2n) is 4.67. The molecule has 0 atom stereocenters. The summed E-state index contributed by atoms with van der Waals surface area (Å²) in [6.45, 7) is 0. The minimum Gasteiger partial charge on any atom is -0.497 e. The first-order valence-corrected chi connectivity index (χ1v) is 6.29. The van der Waals surface area contributed by atoms with Gasteiger partial charge in [-0.25, -0.2) is 0 Å². The second-order valence-corrected chi connectivity index (χ2v) is 4.67. The standard InChI is InChI=1S/C16H11NO3/c1-19-9-6-7-10-12(8-9)17-16-14(10)15(18)11-4-2-3-5-13(11)20-16/h2-8,17H,1H3. The fourth-order valence-corrected chi connectivity index (χ4v) is 2.57. The number of nitrogens with one attached hydrogen (secondary N) is 1. The van der Waals surface area contributed by atoms with Gasteiger partial charge in [-0.15, -0.1) is 0 Å². The summed E-state index contributed by atoms with van der Waals surface area (Å²) in [5.74, 6) is 0.737. The number of rotatable bonds is 1. The Morgan fingerprint density at radius 1 is 1.10 bits per heavy atom. The summed E-state index contributed by atoms with van der Waals surface area (Å²) >= 11 is 0. The van der Waals surface area contributed by atoms with Crippen molar-refractivity contribution in [2.75, 3.05) is 7.11 Å². The molecule has 0 saturated carbocycles. The molecular formula is C16H11NO3. The number of aromatic amines is 1. The predicted octanol–water partition coefficient (Wildman–Crippen LogP) is 3.44. The lowest BCUT2D eigenvalue weighted by Crippen LogP contribution is -2.00.